The summed E-state index contributed by atoms with van der Waals surface area (Å²) in [5, 5.41) is 1.81. The van der Waals surface area contributed by atoms with Gasteiger partial charge in [0.25, 0.3) is 0 Å². The summed E-state index contributed by atoms with van der Waals surface area (Å²) in [5.41, 5.74) is 5.16. The van der Waals surface area contributed by atoms with Crippen molar-refractivity contribution in [1.82, 2.24) is 19.5 Å². The minimum atomic E-state index is 0.766. The summed E-state index contributed by atoms with van der Waals surface area (Å²) in [7, 11) is 2.05. The number of pyridine rings is 1. The zero-order valence-corrected chi connectivity index (χ0v) is 14.3. The zero-order chi connectivity index (χ0) is 16.5. The van der Waals surface area contributed by atoms with Crippen LogP contribution in [0.25, 0.3) is 33.5 Å². The molecule has 5 heteroatoms. The minimum Gasteiger partial charge on any atom is -0.328 e. The summed E-state index contributed by atoms with van der Waals surface area (Å²) < 4.78 is 2.13. The van der Waals surface area contributed by atoms with Gasteiger partial charge in [-0.15, -0.1) is 0 Å². The van der Waals surface area contributed by atoms with Crippen molar-refractivity contribution < 1.29 is 0 Å². The van der Waals surface area contributed by atoms with E-state index in [0.29, 0.717) is 0 Å². The van der Waals surface area contributed by atoms with Gasteiger partial charge in [-0.05, 0) is 30.0 Å². The van der Waals surface area contributed by atoms with Crippen LogP contribution in [0.4, 0.5) is 0 Å². The SMILES string of the molecule is CSc1nc(-c2cccnc2)c2cc(-c3ccccc3)n(C)c2n1. The second-order valence-electron chi connectivity index (χ2n) is 5.49. The van der Waals surface area contributed by atoms with E-state index in [1.807, 2.05) is 42.8 Å². The van der Waals surface area contributed by atoms with Gasteiger partial charge in [0.2, 0.25) is 0 Å². The highest BCUT2D eigenvalue weighted by atomic mass is 32.2. The van der Waals surface area contributed by atoms with Crippen LogP contribution in [-0.2, 0) is 7.05 Å². The van der Waals surface area contributed by atoms with E-state index >= 15 is 0 Å². The first kappa shape index (κ1) is 14.9. The first-order valence-corrected chi connectivity index (χ1v) is 8.87. The van der Waals surface area contributed by atoms with Crippen molar-refractivity contribution in [3.8, 4) is 22.5 Å². The number of hydrogen-bond acceptors (Lipinski definition) is 4. The highest BCUT2D eigenvalue weighted by molar-refractivity contribution is 7.98. The molecular weight excluding hydrogens is 316 g/mol. The molecule has 0 saturated heterocycles. The van der Waals surface area contributed by atoms with E-state index in [1.54, 1.807) is 18.0 Å². The van der Waals surface area contributed by atoms with Gasteiger partial charge < -0.3 is 4.57 Å². The molecule has 118 valence electrons. The Bertz CT molecular complexity index is 994. The van der Waals surface area contributed by atoms with Crippen LogP contribution < -0.4 is 0 Å². The van der Waals surface area contributed by atoms with E-state index in [4.69, 9.17) is 9.97 Å². The van der Waals surface area contributed by atoms with E-state index in [2.05, 4.69) is 34.8 Å². The summed E-state index contributed by atoms with van der Waals surface area (Å²) in [4.78, 5) is 13.7. The lowest BCUT2D eigenvalue weighted by molar-refractivity contribution is 0.916. The third kappa shape index (κ3) is 2.47. The van der Waals surface area contributed by atoms with Gasteiger partial charge in [-0.25, -0.2) is 9.97 Å². The minimum absolute atomic E-state index is 0.766. The Morgan fingerprint density at radius 1 is 0.958 bits per heavy atom. The fourth-order valence-corrected chi connectivity index (χ4v) is 3.23. The number of nitrogens with zero attached hydrogens (tertiary/aromatic N) is 4. The zero-order valence-electron chi connectivity index (χ0n) is 13.5. The summed E-state index contributed by atoms with van der Waals surface area (Å²) in [6, 6.07) is 16.5. The quantitative estimate of drug-likeness (QED) is 0.411. The molecule has 1 aromatic carbocycles. The lowest BCUT2D eigenvalue weighted by Gasteiger charge is -2.06. The predicted molar refractivity (Wildman–Crippen MR) is 99.0 cm³/mol. The Morgan fingerprint density at radius 2 is 1.75 bits per heavy atom. The molecule has 3 aromatic heterocycles. The monoisotopic (exact) mass is 332 g/mol. The standard InChI is InChI=1S/C19H16N4S/c1-23-16(13-7-4-3-5-8-13)11-15-17(14-9-6-10-20-12-14)21-19(24-2)22-18(15)23/h3-12H,1-2H3. The first-order chi connectivity index (χ1) is 11.8. The van der Waals surface area contributed by atoms with Gasteiger partial charge in [0.15, 0.2) is 5.16 Å². The Morgan fingerprint density at radius 3 is 2.46 bits per heavy atom. The molecule has 3 heterocycles. The van der Waals surface area contributed by atoms with Crippen molar-refractivity contribution in [2.75, 3.05) is 6.26 Å². The van der Waals surface area contributed by atoms with Gasteiger partial charge in [0.1, 0.15) is 5.65 Å². The molecule has 4 nitrogen and oxygen atoms in total. The Labute approximate surface area is 144 Å². The van der Waals surface area contributed by atoms with Crippen molar-refractivity contribution in [2.24, 2.45) is 7.05 Å². The van der Waals surface area contributed by atoms with Crippen LogP contribution in [0.15, 0.2) is 66.1 Å². The van der Waals surface area contributed by atoms with Crippen molar-refractivity contribution in [1.29, 1.82) is 0 Å². The number of aryl methyl sites for hydroxylation is 1. The fourth-order valence-electron chi connectivity index (χ4n) is 2.87. The van der Waals surface area contributed by atoms with E-state index in [9.17, 15) is 0 Å². The van der Waals surface area contributed by atoms with Crippen molar-refractivity contribution in [2.45, 2.75) is 5.16 Å². The Balaban J connectivity index is 2.03. The molecule has 4 aromatic rings. The molecule has 0 amide bonds. The third-order valence-electron chi connectivity index (χ3n) is 4.05. The summed E-state index contributed by atoms with van der Waals surface area (Å²) in [5.74, 6) is 0. The van der Waals surface area contributed by atoms with Crippen LogP contribution in [0.2, 0.25) is 0 Å². The maximum atomic E-state index is 4.74. The second-order valence-corrected chi connectivity index (χ2v) is 6.27. The Kier molecular flexibility index (Phi) is 3.78. The summed E-state index contributed by atoms with van der Waals surface area (Å²) >= 11 is 1.55. The number of benzene rings is 1. The van der Waals surface area contributed by atoms with Crippen LogP contribution >= 0.6 is 11.8 Å². The molecule has 0 saturated carbocycles. The van der Waals surface area contributed by atoms with Crippen LogP contribution in [0, 0.1) is 0 Å². The average molecular weight is 332 g/mol. The second kappa shape index (κ2) is 6.09. The number of aromatic nitrogens is 4. The van der Waals surface area contributed by atoms with Gasteiger partial charge in [-0.3, -0.25) is 4.98 Å². The molecular formula is C19H16N4S. The fraction of sp³-hybridized carbons (Fsp3) is 0.105. The van der Waals surface area contributed by atoms with E-state index in [1.165, 1.54) is 5.56 Å². The number of thioether (sulfide) groups is 1. The van der Waals surface area contributed by atoms with Crippen LogP contribution in [0.3, 0.4) is 0 Å². The number of hydrogen-bond donors (Lipinski definition) is 0. The van der Waals surface area contributed by atoms with E-state index < -0.39 is 0 Å². The molecule has 0 N–H and O–H groups in total. The molecule has 0 atom stereocenters. The highest BCUT2D eigenvalue weighted by Crippen LogP contribution is 2.33. The van der Waals surface area contributed by atoms with Crippen LogP contribution in [0.1, 0.15) is 0 Å². The topological polar surface area (TPSA) is 43.6 Å². The predicted octanol–water partition coefficient (Wildman–Crippen LogP) is 4.42. The lowest BCUT2D eigenvalue weighted by Crippen LogP contribution is -1.97. The summed E-state index contributed by atoms with van der Waals surface area (Å²) in [6.07, 6.45) is 5.62. The average Bonchev–Trinajstić information content (AvgIpc) is 2.99. The number of fused-ring (bicyclic) bond motifs is 1. The molecule has 0 aliphatic carbocycles. The van der Waals surface area contributed by atoms with Crippen molar-refractivity contribution in [3.63, 3.8) is 0 Å². The molecule has 0 aliphatic rings. The van der Waals surface area contributed by atoms with Gasteiger partial charge in [0, 0.05) is 30.4 Å². The molecule has 24 heavy (non-hydrogen) atoms. The van der Waals surface area contributed by atoms with Gasteiger partial charge in [0.05, 0.1) is 11.4 Å². The van der Waals surface area contributed by atoms with Crippen LogP contribution in [0.5, 0.6) is 0 Å². The highest BCUT2D eigenvalue weighted by Gasteiger charge is 2.16. The lowest BCUT2D eigenvalue weighted by atomic mass is 10.1. The molecule has 0 bridgehead atoms. The van der Waals surface area contributed by atoms with Gasteiger partial charge in [-0.1, -0.05) is 42.1 Å². The molecule has 0 aliphatic heterocycles. The smallest absolute Gasteiger partial charge is 0.189 e. The van der Waals surface area contributed by atoms with Crippen molar-refractivity contribution >= 4 is 22.8 Å². The maximum Gasteiger partial charge on any atom is 0.189 e. The van der Waals surface area contributed by atoms with E-state index in [0.717, 1.165) is 33.1 Å². The molecule has 0 fully saturated rings. The van der Waals surface area contributed by atoms with Gasteiger partial charge in [-0.2, -0.15) is 0 Å². The first-order valence-electron chi connectivity index (χ1n) is 7.65. The normalized spacial score (nSPS) is 11.1. The van der Waals surface area contributed by atoms with Gasteiger partial charge >= 0.3 is 0 Å². The maximum absolute atomic E-state index is 4.74. The molecule has 0 unspecified atom stereocenters. The molecule has 4 rings (SSSR count). The summed E-state index contributed by atoms with van der Waals surface area (Å²) in [6.45, 7) is 0. The third-order valence-corrected chi connectivity index (χ3v) is 4.60. The number of rotatable bonds is 3. The van der Waals surface area contributed by atoms with Crippen molar-refractivity contribution in [3.05, 3.63) is 60.9 Å². The van der Waals surface area contributed by atoms with Crippen LogP contribution in [-0.4, -0.2) is 25.8 Å². The molecule has 0 spiro atoms. The molecule has 0 radical (unpaired) electrons. The van der Waals surface area contributed by atoms with E-state index in [-0.39, 0.29) is 0 Å². The Hall–Kier alpha value is -2.66. The largest absolute Gasteiger partial charge is 0.328 e.